The van der Waals surface area contributed by atoms with Crippen LogP contribution in [0.25, 0.3) is 0 Å². The molecule has 17 heavy (non-hydrogen) atoms. The third-order valence-electron chi connectivity index (χ3n) is 3.35. The van der Waals surface area contributed by atoms with Crippen molar-refractivity contribution in [3.8, 4) is 0 Å². The zero-order valence-electron chi connectivity index (χ0n) is 10.1. The smallest absolute Gasteiger partial charge is 0.372 e. The summed E-state index contributed by atoms with van der Waals surface area (Å²) < 4.78 is 39.8. The third kappa shape index (κ3) is 6.88. The lowest BCUT2D eigenvalue weighted by molar-refractivity contribution is -0.174. The van der Waals surface area contributed by atoms with Gasteiger partial charge in [0, 0.05) is 12.6 Å². The molecule has 102 valence electrons. The van der Waals surface area contributed by atoms with Crippen molar-refractivity contribution < 1.29 is 17.9 Å². The van der Waals surface area contributed by atoms with Crippen LogP contribution in [0.15, 0.2) is 0 Å². The highest BCUT2D eigenvalue weighted by molar-refractivity contribution is 4.77. The fraction of sp³-hybridized carbons (Fsp3) is 1.00. The standard InChI is InChI=1S/C12H22F3NO/c13-12(14,15)9-17-8-4-3-7-11(16)10-5-1-2-6-10/h10-11H,1-9,16H2. The van der Waals surface area contributed by atoms with Crippen LogP contribution in [0, 0.1) is 5.92 Å². The van der Waals surface area contributed by atoms with Gasteiger partial charge in [-0.15, -0.1) is 0 Å². The molecule has 0 amide bonds. The molecule has 2 nitrogen and oxygen atoms in total. The quantitative estimate of drug-likeness (QED) is 0.707. The topological polar surface area (TPSA) is 35.2 Å². The third-order valence-corrected chi connectivity index (χ3v) is 3.35. The number of ether oxygens (including phenoxy) is 1. The van der Waals surface area contributed by atoms with Crippen molar-refractivity contribution in [3.05, 3.63) is 0 Å². The molecule has 0 bridgehead atoms. The van der Waals surface area contributed by atoms with E-state index in [9.17, 15) is 13.2 Å². The Kier molecular flexibility index (Phi) is 6.27. The van der Waals surface area contributed by atoms with Gasteiger partial charge in [-0.1, -0.05) is 12.8 Å². The second-order valence-corrected chi connectivity index (χ2v) is 4.87. The van der Waals surface area contributed by atoms with E-state index in [4.69, 9.17) is 5.73 Å². The Labute approximate surface area is 101 Å². The van der Waals surface area contributed by atoms with Gasteiger partial charge in [0.1, 0.15) is 6.61 Å². The molecule has 0 aliphatic heterocycles. The maximum atomic E-state index is 11.8. The Balaban J connectivity index is 1.93. The Bertz CT molecular complexity index is 202. The molecule has 0 aromatic carbocycles. The molecule has 5 heteroatoms. The van der Waals surface area contributed by atoms with Crippen LogP contribution in [0.3, 0.4) is 0 Å². The second kappa shape index (κ2) is 7.21. The maximum absolute atomic E-state index is 11.8. The molecule has 0 heterocycles. The zero-order chi connectivity index (χ0) is 12.7. The van der Waals surface area contributed by atoms with Gasteiger partial charge in [-0.05, 0) is 38.0 Å². The number of alkyl halides is 3. The first-order chi connectivity index (χ1) is 7.99. The SMILES string of the molecule is NC(CCCCOCC(F)(F)F)C1CCCC1. The van der Waals surface area contributed by atoms with Crippen molar-refractivity contribution in [3.63, 3.8) is 0 Å². The first-order valence-corrected chi connectivity index (χ1v) is 6.39. The Morgan fingerprint density at radius 3 is 2.41 bits per heavy atom. The van der Waals surface area contributed by atoms with Crippen molar-refractivity contribution in [2.75, 3.05) is 13.2 Å². The van der Waals surface area contributed by atoms with Crippen LogP contribution in [-0.2, 0) is 4.74 Å². The molecule has 0 aromatic heterocycles. The van der Waals surface area contributed by atoms with Crippen LogP contribution < -0.4 is 5.73 Å². The van der Waals surface area contributed by atoms with E-state index in [1.807, 2.05) is 0 Å². The highest BCUT2D eigenvalue weighted by Gasteiger charge is 2.27. The van der Waals surface area contributed by atoms with Gasteiger partial charge < -0.3 is 10.5 Å². The molecular weight excluding hydrogens is 231 g/mol. The molecule has 1 aliphatic carbocycles. The minimum absolute atomic E-state index is 0.177. The summed E-state index contributed by atoms with van der Waals surface area (Å²) >= 11 is 0. The summed E-state index contributed by atoms with van der Waals surface area (Å²) in [6.07, 6.45) is 3.18. The molecule has 0 radical (unpaired) electrons. The number of halogens is 3. The zero-order valence-corrected chi connectivity index (χ0v) is 10.1. The summed E-state index contributed by atoms with van der Waals surface area (Å²) in [7, 11) is 0. The normalized spacial score (nSPS) is 19.8. The predicted molar refractivity (Wildman–Crippen MR) is 60.7 cm³/mol. The van der Waals surface area contributed by atoms with Crippen LogP contribution in [0.2, 0.25) is 0 Å². The van der Waals surface area contributed by atoms with Gasteiger partial charge in [0.05, 0.1) is 0 Å². The molecule has 0 spiro atoms. The van der Waals surface area contributed by atoms with E-state index in [-0.39, 0.29) is 12.6 Å². The fourth-order valence-corrected chi connectivity index (χ4v) is 2.39. The van der Waals surface area contributed by atoms with Gasteiger partial charge in [0.25, 0.3) is 0 Å². The lowest BCUT2D eigenvalue weighted by Gasteiger charge is -2.18. The van der Waals surface area contributed by atoms with Crippen molar-refractivity contribution in [2.24, 2.45) is 11.7 Å². The van der Waals surface area contributed by atoms with E-state index in [1.165, 1.54) is 25.7 Å². The van der Waals surface area contributed by atoms with Crippen LogP contribution in [0.1, 0.15) is 44.9 Å². The van der Waals surface area contributed by atoms with Crippen LogP contribution in [0.5, 0.6) is 0 Å². The van der Waals surface area contributed by atoms with Crippen molar-refractivity contribution >= 4 is 0 Å². The van der Waals surface area contributed by atoms with E-state index in [0.29, 0.717) is 12.3 Å². The van der Waals surface area contributed by atoms with E-state index in [2.05, 4.69) is 4.74 Å². The first kappa shape index (κ1) is 14.8. The van der Waals surface area contributed by atoms with E-state index in [0.717, 1.165) is 12.8 Å². The summed E-state index contributed by atoms with van der Waals surface area (Å²) in [5.41, 5.74) is 6.04. The first-order valence-electron chi connectivity index (χ1n) is 6.39. The number of hydrogen-bond donors (Lipinski definition) is 1. The van der Waals surface area contributed by atoms with E-state index in [1.54, 1.807) is 0 Å². The fourth-order valence-electron chi connectivity index (χ4n) is 2.39. The minimum atomic E-state index is -4.21. The highest BCUT2D eigenvalue weighted by Crippen LogP contribution is 2.28. The van der Waals surface area contributed by atoms with Gasteiger partial charge >= 0.3 is 6.18 Å². The monoisotopic (exact) mass is 253 g/mol. The number of unbranched alkanes of at least 4 members (excludes halogenated alkanes) is 1. The van der Waals surface area contributed by atoms with Gasteiger partial charge in [-0.25, -0.2) is 0 Å². The minimum Gasteiger partial charge on any atom is -0.372 e. The molecule has 1 saturated carbocycles. The van der Waals surface area contributed by atoms with Crippen LogP contribution in [0.4, 0.5) is 13.2 Å². The summed E-state index contributed by atoms with van der Waals surface area (Å²) in [6.45, 7) is -0.960. The van der Waals surface area contributed by atoms with Crippen molar-refractivity contribution in [1.29, 1.82) is 0 Å². The Hall–Kier alpha value is -0.290. The molecular formula is C12H22F3NO. The average Bonchev–Trinajstić information content (AvgIpc) is 2.74. The Morgan fingerprint density at radius 1 is 1.18 bits per heavy atom. The largest absolute Gasteiger partial charge is 0.411 e. The van der Waals surface area contributed by atoms with E-state index >= 15 is 0 Å². The maximum Gasteiger partial charge on any atom is 0.411 e. The molecule has 0 aromatic rings. The lowest BCUT2D eigenvalue weighted by atomic mass is 9.94. The van der Waals surface area contributed by atoms with Crippen molar-refractivity contribution in [2.45, 2.75) is 57.2 Å². The van der Waals surface area contributed by atoms with Crippen molar-refractivity contribution in [1.82, 2.24) is 0 Å². The molecule has 1 rings (SSSR count). The van der Waals surface area contributed by atoms with Gasteiger partial charge in [0.2, 0.25) is 0 Å². The Morgan fingerprint density at radius 2 is 1.82 bits per heavy atom. The van der Waals surface area contributed by atoms with E-state index < -0.39 is 12.8 Å². The number of hydrogen-bond acceptors (Lipinski definition) is 2. The molecule has 1 unspecified atom stereocenters. The molecule has 1 atom stereocenters. The molecule has 2 N–H and O–H groups in total. The van der Waals surface area contributed by atoms with Gasteiger partial charge in [-0.2, -0.15) is 13.2 Å². The summed E-state index contributed by atoms with van der Waals surface area (Å²) in [5.74, 6) is 0.631. The van der Waals surface area contributed by atoms with Gasteiger partial charge in [-0.3, -0.25) is 0 Å². The number of rotatable bonds is 7. The summed E-state index contributed by atoms with van der Waals surface area (Å²) in [4.78, 5) is 0. The second-order valence-electron chi connectivity index (χ2n) is 4.87. The summed E-state index contributed by atoms with van der Waals surface area (Å²) in [5, 5.41) is 0. The molecule has 1 fully saturated rings. The molecule has 0 saturated heterocycles. The highest BCUT2D eigenvalue weighted by atomic mass is 19.4. The average molecular weight is 253 g/mol. The number of nitrogens with two attached hydrogens (primary N) is 1. The summed E-state index contributed by atoms with van der Waals surface area (Å²) in [6, 6.07) is 0.222. The van der Waals surface area contributed by atoms with Crippen LogP contribution >= 0.6 is 0 Å². The lowest BCUT2D eigenvalue weighted by Crippen LogP contribution is -2.28. The van der Waals surface area contributed by atoms with Gasteiger partial charge in [0.15, 0.2) is 0 Å². The molecule has 1 aliphatic rings. The predicted octanol–water partition coefficient (Wildman–Crippen LogP) is 3.25. The van der Waals surface area contributed by atoms with Crippen LogP contribution in [-0.4, -0.2) is 25.4 Å².